The summed E-state index contributed by atoms with van der Waals surface area (Å²) in [6.45, 7) is 0. The SMILES string of the molecule is NNC(c1cnccn1)c1cnccc1N. The van der Waals surface area contributed by atoms with Gasteiger partial charge in [0.2, 0.25) is 0 Å². The second-order valence-electron chi connectivity index (χ2n) is 3.23. The number of rotatable bonds is 3. The van der Waals surface area contributed by atoms with E-state index in [9.17, 15) is 0 Å². The number of aromatic nitrogens is 3. The van der Waals surface area contributed by atoms with Crippen molar-refractivity contribution in [3.05, 3.63) is 48.3 Å². The van der Waals surface area contributed by atoms with Gasteiger partial charge in [-0.2, -0.15) is 0 Å². The van der Waals surface area contributed by atoms with Crippen molar-refractivity contribution in [3.63, 3.8) is 0 Å². The fourth-order valence-corrected chi connectivity index (χ4v) is 1.45. The van der Waals surface area contributed by atoms with Crippen molar-refractivity contribution in [1.82, 2.24) is 20.4 Å². The average Bonchev–Trinajstić information content (AvgIpc) is 2.34. The highest BCUT2D eigenvalue weighted by atomic mass is 15.2. The Morgan fingerprint density at radius 3 is 2.56 bits per heavy atom. The molecule has 0 radical (unpaired) electrons. The minimum atomic E-state index is -0.303. The van der Waals surface area contributed by atoms with Crippen molar-refractivity contribution in [3.8, 4) is 0 Å². The van der Waals surface area contributed by atoms with E-state index in [1.165, 1.54) is 0 Å². The molecule has 1 unspecified atom stereocenters. The van der Waals surface area contributed by atoms with E-state index in [2.05, 4.69) is 20.4 Å². The number of hydrogen-bond acceptors (Lipinski definition) is 6. The first-order valence-corrected chi connectivity index (χ1v) is 4.74. The second kappa shape index (κ2) is 4.65. The van der Waals surface area contributed by atoms with E-state index in [4.69, 9.17) is 11.6 Å². The van der Waals surface area contributed by atoms with E-state index in [0.717, 1.165) is 5.56 Å². The summed E-state index contributed by atoms with van der Waals surface area (Å²) in [7, 11) is 0. The molecule has 0 amide bonds. The monoisotopic (exact) mass is 216 g/mol. The molecule has 0 aliphatic heterocycles. The normalized spacial score (nSPS) is 12.3. The van der Waals surface area contributed by atoms with Crippen molar-refractivity contribution in [2.24, 2.45) is 5.84 Å². The number of nitrogens with one attached hydrogen (secondary N) is 1. The number of anilines is 1. The molecule has 6 heteroatoms. The van der Waals surface area contributed by atoms with Crippen LogP contribution in [0.3, 0.4) is 0 Å². The van der Waals surface area contributed by atoms with E-state index in [-0.39, 0.29) is 6.04 Å². The molecule has 6 nitrogen and oxygen atoms in total. The van der Waals surface area contributed by atoms with Gasteiger partial charge >= 0.3 is 0 Å². The molecule has 0 aliphatic carbocycles. The third-order valence-corrected chi connectivity index (χ3v) is 2.24. The fourth-order valence-electron chi connectivity index (χ4n) is 1.45. The van der Waals surface area contributed by atoms with Crippen molar-refractivity contribution in [2.45, 2.75) is 6.04 Å². The van der Waals surface area contributed by atoms with Gasteiger partial charge in [-0.1, -0.05) is 0 Å². The van der Waals surface area contributed by atoms with Crippen LogP contribution in [0.25, 0.3) is 0 Å². The van der Waals surface area contributed by atoms with E-state index < -0.39 is 0 Å². The highest BCUT2D eigenvalue weighted by Crippen LogP contribution is 2.22. The average molecular weight is 216 g/mol. The van der Waals surface area contributed by atoms with Gasteiger partial charge in [-0.3, -0.25) is 20.8 Å². The van der Waals surface area contributed by atoms with Crippen LogP contribution in [-0.2, 0) is 0 Å². The highest BCUT2D eigenvalue weighted by molar-refractivity contribution is 5.48. The lowest BCUT2D eigenvalue weighted by Crippen LogP contribution is -2.30. The summed E-state index contributed by atoms with van der Waals surface area (Å²) in [4.78, 5) is 12.2. The van der Waals surface area contributed by atoms with Crippen molar-refractivity contribution < 1.29 is 0 Å². The van der Waals surface area contributed by atoms with Crippen LogP contribution in [-0.4, -0.2) is 15.0 Å². The Bertz CT molecular complexity index is 458. The van der Waals surface area contributed by atoms with Gasteiger partial charge in [-0.25, -0.2) is 5.43 Å². The molecular formula is C10H12N6. The van der Waals surface area contributed by atoms with Crippen LogP contribution >= 0.6 is 0 Å². The Hall–Kier alpha value is -2.05. The molecule has 2 rings (SSSR count). The van der Waals surface area contributed by atoms with Crippen LogP contribution in [0, 0.1) is 0 Å². The molecule has 0 aromatic carbocycles. The number of pyridine rings is 1. The predicted octanol–water partition coefficient (Wildman–Crippen LogP) is 0.00650. The Labute approximate surface area is 92.7 Å². The van der Waals surface area contributed by atoms with Crippen molar-refractivity contribution >= 4 is 5.69 Å². The van der Waals surface area contributed by atoms with Gasteiger partial charge in [0.15, 0.2) is 0 Å². The lowest BCUT2D eigenvalue weighted by Gasteiger charge is -2.16. The maximum Gasteiger partial charge on any atom is 0.0931 e. The Kier molecular flexibility index (Phi) is 3.04. The number of hydrazine groups is 1. The molecule has 0 spiro atoms. The molecule has 2 aromatic heterocycles. The number of hydrogen-bond donors (Lipinski definition) is 3. The zero-order valence-corrected chi connectivity index (χ0v) is 8.54. The molecule has 0 bridgehead atoms. The summed E-state index contributed by atoms with van der Waals surface area (Å²) < 4.78 is 0. The number of nitrogens with two attached hydrogens (primary N) is 2. The maximum atomic E-state index is 5.85. The first kappa shape index (κ1) is 10.5. The summed E-state index contributed by atoms with van der Waals surface area (Å²) in [6.07, 6.45) is 8.13. The lowest BCUT2D eigenvalue weighted by molar-refractivity contribution is 0.617. The molecule has 5 N–H and O–H groups in total. The van der Waals surface area contributed by atoms with Crippen LogP contribution in [0.4, 0.5) is 5.69 Å². The van der Waals surface area contributed by atoms with E-state index in [1.807, 2.05) is 0 Å². The highest BCUT2D eigenvalue weighted by Gasteiger charge is 2.16. The molecule has 1 atom stereocenters. The van der Waals surface area contributed by atoms with E-state index in [1.54, 1.807) is 37.1 Å². The van der Waals surface area contributed by atoms with Gasteiger partial charge in [-0.05, 0) is 6.07 Å². The molecular weight excluding hydrogens is 204 g/mol. The van der Waals surface area contributed by atoms with Gasteiger partial charge in [0, 0.05) is 36.0 Å². The molecule has 2 aromatic rings. The summed E-state index contributed by atoms with van der Waals surface area (Å²) >= 11 is 0. The van der Waals surface area contributed by atoms with Crippen LogP contribution in [0.15, 0.2) is 37.1 Å². The van der Waals surface area contributed by atoms with E-state index >= 15 is 0 Å². The predicted molar refractivity (Wildman–Crippen MR) is 59.8 cm³/mol. The third kappa shape index (κ3) is 1.97. The van der Waals surface area contributed by atoms with E-state index in [0.29, 0.717) is 11.4 Å². The molecule has 2 heterocycles. The summed E-state index contributed by atoms with van der Waals surface area (Å²) in [6, 6.07) is 1.41. The van der Waals surface area contributed by atoms with Crippen LogP contribution < -0.4 is 17.0 Å². The Morgan fingerprint density at radius 1 is 1.12 bits per heavy atom. The molecule has 0 aliphatic rings. The van der Waals surface area contributed by atoms with Crippen molar-refractivity contribution in [1.29, 1.82) is 0 Å². The number of nitrogen functional groups attached to an aromatic ring is 1. The van der Waals surface area contributed by atoms with Gasteiger partial charge in [0.25, 0.3) is 0 Å². The van der Waals surface area contributed by atoms with Gasteiger partial charge < -0.3 is 5.73 Å². The fraction of sp³-hybridized carbons (Fsp3) is 0.100. The van der Waals surface area contributed by atoms with Crippen LogP contribution in [0.2, 0.25) is 0 Å². The third-order valence-electron chi connectivity index (χ3n) is 2.24. The maximum absolute atomic E-state index is 5.85. The van der Waals surface area contributed by atoms with Crippen LogP contribution in [0.1, 0.15) is 17.3 Å². The topological polar surface area (TPSA) is 103 Å². The lowest BCUT2D eigenvalue weighted by atomic mass is 10.1. The Balaban J connectivity index is 2.41. The van der Waals surface area contributed by atoms with Gasteiger partial charge in [-0.15, -0.1) is 0 Å². The zero-order chi connectivity index (χ0) is 11.4. The zero-order valence-electron chi connectivity index (χ0n) is 8.54. The quantitative estimate of drug-likeness (QED) is 0.493. The summed E-state index contributed by atoms with van der Waals surface area (Å²) in [5.74, 6) is 5.50. The minimum Gasteiger partial charge on any atom is -0.398 e. The second-order valence-corrected chi connectivity index (χ2v) is 3.23. The van der Waals surface area contributed by atoms with Gasteiger partial charge in [0.1, 0.15) is 0 Å². The molecule has 16 heavy (non-hydrogen) atoms. The largest absolute Gasteiger partial charge is 0.398 e. The number of nitrogens with zero attached hydrogens (tertiary/aromatic N) is 3. The van der Waals surface area contributed by atoms with Crippen molar-refractivity contribution in [2.75, 3.05) is 5.73 Å². The molecule has 0 saturated carbocycles. The first-order chi connectivity index (χ1) is 7.83. The smallest absolute Gasteiger partial charge is 0.0931 e. The summed E-state index contributed by atoms with van der Waals surface area (Å²) in [5, 5.41) is 0. The van der Waals surface area contributed by atoms with Crippen LogP contribution in [0.5, 0.6) is 0 Å². The molecule has 82 valence electrons. The standard InChI is InChI=1S/C10H12N6/c11-8-1-2-13-5-7(8)10(16-12)9-6-14-3-4-15-9/h1-6,10,16H,12H2,(H2,11,13). The van der Waals surface area contributed by atoms with Gasteiger partial charge in [0.05, 0.1) is 17.9 Å². The summed E-state index contributed by atoms with van der Waals surface area (Å²) in [5.41, 5.74) is 10.6. The molecule has 0 saturated heterocycles. The first-order valence-electron chi connectivity index (χ1n) is 4.74. The Morgan fingerprint density at radius 2 is 1.94 bits per heavy atom. The minimum absolute atomic E-state index is 0.303. The molecule has 0 fully saturated rings.